The largest absolute Gasteiger partial charge is 0.495 e. The van der Waals surface area contributed by atoms with E-state index in [1.54, 1.807) is 117 Å². The zero-order valence-electron chi connectivity index (χ0n) is 75.6. The van der Waals surface area contributed by atoms with Crippen molar-refractivity contribution in [3.63, 3.8) is 0 Å². The van der Waals surface area contributed by atoms with Crippen LogP contribution in [0.1, 0.15) is 170 Å². The Balaban J connectivity index is 0.000000145. The molecule has 0 bridgehead atoms. The summed E-state index contributed by atoms with van der Waals surface area (Å²) in [5.74, 6) is 5.03. The van der Waals surface area contributed by atoms with E-state index < -0.39 is 18.3 Å². The quantitative estimate of drug-likeness (QED) is 0.0267. The Morgan fingerprint density at radius 3 is 1.02 bits per heavy atom. The lowest BCUT2D eigenvalue weighted by molar-refractivity contribution is -0.133. The number of methoxy groups -OCH3 is 4. The minimum atomic E-state index is -0.866. The lowest BCUT2D eigenvalue weighted by Gasteiger charge is -2.41. The number of fused-ring (bicyclic) bond motifs is 3. The van der Waals surface area contributed by atoms with Crippen molar-refractivity contribution in [3.05, 3.63) is 224 Å². The average molecular weight is 1860 g/mol. The summed E-state index contributed by atoms with van der Waals surface area (Å²) in [5, 5.41) is 43.4. The number of aryl methyl sites for hydroxylation is 3. The molecular formula is C99H116Cl3N17O13. The number of hydrogen-bond acceptors (Lipinski definition) is 21. The van der Waals surface area contributed by atoms with E-state index in [4.69, 9.17) is 68.7 Å². The number of carbonyl (C=O) groups excluding carboxylic acids is 3. The Kier molecular flexibility index (Phi) is 29.5. The number of carbonyl (C=O) groups is 3. The van der Waals surface area contributed by atoms with Gasteiger partial charge in [0.05, 0.1) is 112 Å². The normalized spacial score (nSPS) is 17.2. The molecule has 1 saturated carbocycles. The zero-order valence-corrected chi connectivity index (χ0v) is 77.9. The topological polar surface area (TPSA) is 386 Å². The van der Waals surface area contributed by atoms with Crippen LogP contribution < -0.4 is 46.8 Å². The molecule has 5 aliphatic heterocycles. The molecule has 0 radical (unpaired) electrons. The Morgan fingerprint density at radius 1 is 0.417 bits per heavy atom. The highest BCUT2D eigenvalue weighted by atomic mass is 35.5. The van der Waals surface area contributed by atoms with E-state index in [2.05, 4.69) is 106 Å². The number of hydrogen-bond donors (Lipinski definition) is 12. The number of imidazole rings is 3. The van der Waals surface area contributed by atoms with E-state index in [-0.39, 0.29) is 54.2 Å². The van der Waals surface area contributed by atoms with Gasteiger partial charge in [-0.1, -0.05) is 71.2 Å². The number of halogens is 3. The first-order valence-electron chi connectivity index (χ1n) is 45.6. The van der Waals surface area contributed by atoms with Crippen LogP contribution in [0.2, 0.25) is 15.1 Å². The highest BCUT2D eigenvalue weighted by Crippen LogP contribution is 2.42. The van der Waals surface area contributed by atoms with Crippen molar-refractivity contribution in [1.29, 1.82) is 0 Å². The van der Waals surface area contributed by atoms with Gasteiger partial charge in [0.1, 0.15) is 51.4 Å². The van der Waals surface area contributed by atoms with Crippen LogP contribution in [0.15, 0.2) is 142 Å². The van der Waals surface area contributed by atoms with E-state index in [1.165, 1.54) is 30.9 Å². The molecule has 30 nitrogen and oxygen atoms in total. The van der Waals surface area contributed by atoms with E-state index in [0.717, 1.165) is 192 Å². The molecule has 0 spiro atoms. The zero-order chi connectivity index (χ0) is 92.7. The smallest absolute Gasteiger partial charge is 0.409 e. The molecule has 3 amide bonds. The number of anilines is 3. The number of aliphatic hydroxyl groups is 3. The molecule has 132 heavy (non-hydrogen) atoms. The maximum absolute atomic E-state index is 13.1. The van der Waals surface area contributed by atoms with E-state index in [0.29, 0.717) is 136 Å². The first kappa shape index (κ1) is 93.5. The van der Waals surface area contributed by atoms with Crippen molar-refractivity contribution in [3.8, 4) is 51.4 Å². The first-order chi connectivity index (χ1) is 63.8. The van der Waals surface area contributed by atoms with Crippen molar-refractivity contribution >= 4 is 103 Å². The minimum Gasteiger partial charge on any atom is -0.495 e. The molecule has 6 aromatic heterocycles. The van der Waals surface area contributed by atoms with Gasteiger partial charge in [-0.3, -0.25) is 24.0 Å². The predicted molar refractivity (Wildman–Crippen MR) is 516 cm³/mol. The van der Waals surface area contributed by atoms with E-state index >= 15 is 0 Å². The highest BCUT2D eigenvalue weighted by Gasteiger charge is 2.37. The Hall–Kier alpha value is -11.7. The van der Waals surface area contributed by atoms with Gasteiger partial charge in [-0.25, -0.2) is 19.7 Å². The van der Waals surface area contributed by atoms with Crippen molar-refractivity contribution < 1.29 is 48.7 Å². The Morgan fingerprint density at radius 2 is 0.727 bits per heavy atom. The molecule has 3 atom stereocenters. The van der Waals surface area contributed by atoms with Crippen LogP contribution in [0.3, 0.4) is 0 Å². The van der Waals surface area contributed by atoms with Gasteiger partial charge in [0, 0.05) is 102 Å². The molecule has 696 valence electrons. The number of aromatic amines is 6. The number of likely N-dealkylation sites (tertiary alicyclic amines) is 5. The maximum Gasteiger partial charge on any atom is 0.409 e. The molecular weight excluding hydrogens is 1740 g/mol. The molecule has 11 heterocycles. The third kappa shape index (κ3) is 21.2. The minimum absolute atomic E-state index is 0.157. The predicted octanol–water partition coefficient (Wildman–Crippen LogP) is 15.8. The van der Waals surface area contributed by atoms with Crippen LogP contribution in [-0.2, 0) is 14.3 Å². The van der Waals surface area contributed by atoms with Gasteiger partial charge in [-0.2, -0.15) is 0 Å². The number of nitrogens with one attached hydrogen (secondary N) is 9. The standard InChI is InChI=1S/C34H41ClN6O5.C34H41ClN6O4.C31H34ClN5O4/c1-20-16-23(21-7-12-40(13-8-21)24-9-14-41(15-10-24)34(44)46-3)18-27-31(20)39-32(38-27)30-26(6-11-36-33(30)43)37-19-28(42)22-4-5-29(45-2)25(35)17-22;1-20-16-24(22-7-12-41(13-8-22)25-9-14-40(15-10-25)21(2)42)18-28-32(20)39-33(38-28)31-27(6-11-36-34(31)44)37-19-29(43)23-4-5-30(45-3)26(35)17-23;1-17-13-21(18-8-11-37(12-9-18)31(40)19-3-4-19)15-24-28(17)36-29(35-24)27-23(7-10-33-30(27)39)34-16-25(38)20-5-6-26(41-2)22(32)14-20/h4-6,11,16-18,21,24,28,42H,7-10,12-15,19H2,1-3H3,(H,38,39)(H2,36,37,43);4-6,11,16-18,22,25,29,43H,7-10,12-15,19H2,1-3H3,(H,38,39)(H2,36,37,44);5-7,10,13-15,18-19,25,38H,3-4,8-9,11-12,16H2,1-2H3,(H,35,36)(H2,33,34,39)/t28-;29-;25-/m111/s1. The van der Waals surface area contributed by atoms with Gasteiger partial charge < -0.3 is 105 Å². The van der Waals surface area contributed by atoms with Gasteiger partial charge >= 0.3 is 6.09 Å². The molecule has 33 heteroatoms. The number of pyridine rings is 3. The molecule has 1 aliphatic carbocycles. The fourth-order valence-electron chi connectivity index (χ4n) is 19.5. The average Bonchev–Trinajstić information content (AvgIpc) is 1.62. The Labute approximate surface area is 779 Å². The summed E-state index contributed by atoms with van der Waals surface area (Å²) in [6.45, 7) is 17.3. The van der Waals surface area contributed by atoms with Crippen molar-refractivity contribution in [2.24, 2.45) is 5.92 Å². The summed E-state index contributed by atoms with van der Waals surface area (Å²) >= 11 is 18.7. The summed E-state index contributed by atoms with van der Waals surface area (Å²) in [4.78, 5) is 119. The molecule has 0 unspecified atom stereocenters. The molecule has 6 fully saturated rings. The van der Waals surface area contributed by atoms with Crippen LogP contribution in [0, 0.1) is 26.7 Å². The number of nitrogens with zero attached hydrogens (tertiary/aromatic N) is 8. The van der Waals surface area contributed by atoms with Crippen LogP contribution in [0.5, 0.6) is 17.2 Å². The van der Waals surface area contributed by atoms with Gasteiger partial charge in [-0.05, 0) is 265 Å². The van der Waals surface area contributed by atoms with Crippen LogP contribution >= 0.6 is 34.8 Å². The molecule has 6 aliphatic rings. The lowest BCUT2D eigenvalue weighted by Crippen LogP contribution is -2.48. The monoisotopic (exact) mass is 1860 g/mol. The third-order valence-electron chi connectivity index (χ3n) is 27.2. The SMILES string of the molecule is COC(=O)N1CCC(N2CCC(c3cc(C)c4nc(-c5c(NC[C@@H](O)c6ccc(OC)c(Cl)c6)cc[nH]c5=O)[nH]c4c3)CC2)CC1.COc1ccc([C@H](O)CNc2cc[nH]c(=O)c2-c2nc3c(C)cc(C4CCN(C(=O)C5CC5)CC4)cc3[nH]2)cc1Cl.COc1ccc([C@H](O)CNc2cc[nH]c(=O)c2-c2nc3c(C)cc(C4CCN(C5CCN(C(C)=O)CC5)CC4)cc3[nH]2)cc1Cl. The molecule has 12 aromatic rings. The number of piperidine rings is 5. The van der Waals surface area contributed by atoms with Gasteiger partial charge in [0.15, 0.2) is 0 Å². The van der Waals surface area contributed by atoms with Gasteiger partial charge in [0.25, 0.3) is 16.7 Å². The van der Waals surface area contributed by atoms with Crippen molar-refractivity contribution in [1.82, 2.24) is 69.4 Å². The third-order valence-corrected chi connectivity index (χ3v) is 28.1. The number of ether oxygens (including phenoxy) is 4. The Bertz CT molecular complexity index is 6350. The second-order valence-corrected chi connectivity index (χ2v) is 36.8. The number of aliphatic hydroxyl groups excluding tert-OH is 3. The van der Waals surface area contributed by atoms with Crippen LogP contribution in [0.25, 0.3) is 67.3 Å². The summed E-state index contributed by atoms with van der Waals surface area (Å²) in [6.07, 6.45) is 14.2. The number of benzene rings is 6. The molecule has 18 rings (SSSR count). The fourth-order valence-corrected chi connectivity index (χ4v) is 20.3. The van der Waals surface area contributed by atoms with Gasteiger partial charge in [0.2, 0.25) is 11.8 Å². The maximum atomic E-state index is 13.1. The molecule has 5 saturated heterocycles. The van der Waals surface area contributed by atoms with Crippen LogP contribution in [0.4, 0.5) is 21.9 Å². The van der Waals surface area contributed by atoms with Crippen molar-refractivity contribution in [2.45, 2.75) is 153 Å². The summed E-state index contributed by atoms with van der Waals surface area (Å²) in [7, 11) is 6.06. The molecule has 12 N–H and O–H groups in total. The number of H-pyrrole nitrogens is 6. The summed E-state index contributed by atoms with van der Waals surface area (Å²) < 4.78 is 20.5. The summed E-state index contributed by atoms with van der Waals surface area (Å²) in [5.41, 5.74) is 16.0. The second kappa shape index (κ2) is 41.6. The summed E-state index contributed by atoms with van der Waals surface area (Å²) in [6, 6.07) is 34.9. The fraction of sp³-hybridized carbons (Fsp3) is 0.424. The van der Waals surface area contributed by atoms with Crippen LogP contribution in [-0.4, -0.2) is 228 Å². The second-order valence-electron chi connectivity index (χ2n) is 35.5. The first-order valence-corrected chi connectivity index (χ1v) is 46.7. The lowest BCUT2D eigenvalue weighted by atomic mass is 9.87. The number of aromatic nitrogens is 9. The highest BCUT2D eigenvalue weighted by molar-refractivity contribution is 6.32. The van der Waals surface area contributed by atoms with Gasteiger partial charge in [-0.15, -0.1) is 0 Å². The number of amides is 3. The van der Waals surface area contributed by atoms with E-state index in [1.807, 2.05) is 16.7 Å². The molecule has 6 aromatic carbocycles. The number of rotatable bonds is 24. The van der Waals surface area contributed by atoms with E-state index in [9.17, 15) is 44.1 Å². The van der Waals surface area contributed by atoms with Crippen molar-refractivity contribution in [2.75, 3.05) is 129 Å².